The molecular formula is C12H12I2N6. The molecule has 104 valence electrons. The van der Waals surface area contributed by atoms with Crippen molar-refractivity contribution in [1.29, 1.82) is 0 Å². The predicted molar refractivity (Wildman–Crippen MR) is 94.3 cm³/mol. The van der Waals surface area contributed by atoms with Crippen LogP contribution in [0.4, 0.5) is 5.82 Å². The molecule has 0 aliphatic heterocycles. The average molecular weight is 494 g/mol. The number of aryl methyl sites for hydroxylation is 2. The quantitative estimate of drug-likeness (QED) is 0.487. The molecule has 0 saturated heterocycles. The van der Waals surface area contributed by atoms with Crippen molar-refractivity contribution in [2.24, 2.45) is 0 Å². The zero-order chi connectivity index (χ0) is 14.7. The molecule has 3 rings (SSSR count). The Hall–Kier alpha value is -1.04. The Morgan fingerprint density at radius 1 is 1.00 bits per heavy atom. The lowest BCUT2D eigenvalue weighted by atomic mass is 10.4. The van der Waals surface area contributed by atoms with Gasteiger partial charge >= 0.3 is 0 Å². The third-order valence-corrected chi connectivity index (χ3v) is 3.71. The van der Waals surface area contributed by atoms with E-state index in [0.29, 0.717) is 5.82 Å². The summed E-state index contributed by atoms with van der Waals surface area (Å²) in [4.78, 5) is 4.35. The molecule has 2 N–H and O–H groups in total. The van der Waals surface area contributed by atoms with Crippen molar-refractivity contribution in [1.82, 2.24) is 24.8 Å². The fourth-order valence-electron chi connectivity index (χ4n) is 1.46. The monoisotopic (exact) mass is 494 g/mol. The van der Waals surface area contributed by atoms with Gasteiger partial charge in [0.05, 0.1) is 11.4 Å². The van der Waals surface area contributed by atoms with Crippen LogP contribution in [0.2, 0.25) is 0 Å². The SMILES string of the molecule is Cc1nc2ccc(I)nn2c1C.Nc1ccc(I)nn1. The van der Waals surface area contributed by atoms with E-state index < -0.39 is 0 Å². The summed E-state index contributed by atoms with van der Waals surface area (Å²) in [6.45, 7) is 4.02. The van der Waals surface area contributed by atoms with Gasteiger partial charge in [0.2, 0.25) is 0 Å². The van der Waals surface area contributed by atoms with Crippen LogP contribution >= 0.6 is 45.2 Å². The van der Waals surface area contributed by atoms with Crippen LogP contribution < -0.4 is 5.73 Å². The summed E-state index contributed by atoms with van der Waals surface area (Å²) in [6, 6.07) is 7.47. The van der Waals surface area contributed by atoms with Crippen molar-refractivity contribution in [2.45, 2.75) is 13.8 Å². The number of hydrogen-bond acceptors (Lipinski definition) is 5. The third-order valence-electron chi connectivity index (χ3n) is 2.56. The summed E-state index contributed by atoms with van der Waals surface area (Å²) >= 11 is 4.26. The molecule has 0 radical (unpaired) electrons. The van der Waals surface area contributed by atoms with Gasteiger partial charge in [0.15, 0.2) is 5.65 Å². The van der Waals surface area contributed by atoms with E-state index in [2.05, 4.69) is 65.5 Å². The van der Waals surface area contributed by atoms with E-state index in [1.165, 1.54) is 0 Å². The van der Waals surface area contributed by atoms with Crippen LogP contribution in [0.25, 0.3) is 5.65 Å². The fourth-order valence-corrected chi connectivity index (χ4v) is 2.14. The lowest BCUT2D eigenvalue weighted by molar-refractivity contribution is 0.877. The molecule has 20 heavy (non-hydrogen) atoms. The van der Waals surface area contributed by atoms with Crippen molar-refractivity contribution < 1.29 is 0 Å². The van der Waals surface area contributed by atoms with Crippen molar-refractivity contribution in [2.75, 3.05) is 5.73 Å². The number of hydrogen-bond donors (Lipinski definition) is 1. The molecular weight excluding hydrogens is 482 g/mol. The smallest absolute Gasteiger partial charge is 0.154 e. The van der Waals surface area contributed by atoms with Crippen LogP contribution in [-0.4, -0.2) is 24.8 Å². The van der Waals surface area contributed by atoms with Gasteiger partial charge in [-0.15, -0.1) is 10.2 Å². The van der Waals surface area contributed by atoms with E-state index in [0.717, 1.165) is 24.4 Å². The maximum Gasteiger partial charge on any atom is 0.154 e. The molecule has 3 aromatic heterocycles. The topological polar surface area (TPSA) is 82.0 Å². The molecule has 0 atom stereocenters. The van der Waals surface area contributed by atoms with Crippen LogP contribution in [0.1, 0.15) is 11.4 Å². The standard InChI is InChI=1S/C8H8IN3.C4H4IN3/c1-5-6(2)12-8(10-5)4-3-7(9)11-12;5-3-1-2-4(6)8-7-3/h3-4H,1-2H3;1-2H,(H2,6,8). The third kappa shape index (κ3) is 3.75. The van der Waals surface area contributed by atoms with E-state index in [-0.39, 0.29) is 0 Å². The molecule has 0 spiro atoms. The summed E-state index contributed by atoms with van der Waals surface area (Å²) in [7, 11) is 0. The highest BCUT2D eigenvalue weighted by atomic mass is 127. The van der Waals surface area contributed by atoms with Crippen LogP contribution in [-0.2, 0) is 0 Å². The Morgan fingerprint density at radius 3 is 2.30 bits per heavy atom. The highest BCUT2D eigenvalue weighted by Crippen LogP contribution is 2.10. The molecule has 3 heterocycles. The molecule has 6 nitrogen and oxygen atoms in total. The summed E-state index contributed by atoms with van der Waals surface area (Å²) in [5.41, 5.74) is 8.33. The Labute approximate surface area is 143 Å². The molecule has 0 unspecified atom stereocenters. The Balaban J connectivity index is 0.000000160. The average Bonchev–Trinajstić information content (AvgIpc) is 2.70. The molecule has 0 amide bonds. The highest BCUT2D eigenvalue weighted by molar-refractivity contribution is 14.1. The maximum atomic E-state index is 5.25. The number of halogens is 2. The molecule has 0 aliphatic carbocycles. The largest absolute Gasteiger partial charge is 0.382 e. The van der Waals surface area contributed by atoms with Gasteiger partial charge in [0.25, 0.3) is 0 Å². The predicted octanol–water partition coefficient (Wildman–Crippen LogP) is 2.61. The van der Waals surface area contributed by atoms with Crippen molar-refractivity contribution >= 4 is 56.6 Å². The van der Waals surface area contributed by atoms with Crippen LogP contribution in [0, 0.1) is 21.2 Å². The van der Waals surface area contributed by atoms with Crippen LogP contribution in [0.3, 0.4) is 0 Å². The number of anilines is 1. The lowest BCUT2D eigenvalue weighted by Gasteiger charge is -1.94. The van der Waals surface area contributed by atoms with E-state index in [1.807, 2.05) is 36.6 Å². The van der Waals surface area contributed by atoms with Crippen LogP contribution in [0.5, 0.6) is 0 Å². The second-order valence-corrected chi connectivity index (χ2v) is 6.20. The van der Waals surface area contributed by atoms with Gasteiger partial charge in [-0.25, -0.2) is 9.50 Å². The first-order valence-corrected chi connectivity index (χ1v) is 7.86. The van der Waals surface area contributed by atoms with E-state index >= 15 is 0 Å². The summed E-state index contributed by atoms with van der Waals surface area (Å²) in [6.07, 6.45) is 0. The lowest BCUT2D eigenvalue weighted by Crippen LogP contribution is -1.95. The zero-order valence-electron chi connectivity index (χ0n) is 10.9. The molecule has 0 aromatic carbocycles. The maximum absolute atomic E-state index is 5.25. The first-order chi connectivity index (χ1) is 9.47. The first kappa shape index (κ1) is 15.4. The summed E-state index contributed by atoms with van der Waals surface area (Å²) in [5.74, 6) is 0.463. The first-order valence-electron chi connectivity index (χ1n) is 5.70. The second kappa shape index (κ2) is 6.61. The number of nitrogens with two attached hydrogens (primary N) is 1. The number of nitrogen functional groups attached to an aromatic ring is 1. The molecule has 0 aliphatic rings. The Morgan fingerprint density at radius 2 is 1.70 bits per heavy atom. The van der Waals surface area contributed by atoms with Gasteiger partial charge in [-0.1, -0.05) is 0 Å². The second-order valence-electron chi connectivity index (χ2n) is 3.99. The fraction of sp³-hybridized carbons (Fsp3) is 0.167. The molecule has 8 heteroatoms. The zero-order valence-corrected chi connectivity index (χ0v) is 15.2. The van der Waals surface area contributed by atoms with Gasteiger partial charge in [0.1, 0.15) is 13.2 Å². The van der Waals surface area contributed by atoms with Gasteiger partial charge in [-0.05, 0) is 83.3 Å². The minimum atomic E-state index is 0.463. The Bertz CT molecular complexity index is 702. The van der Waals surface area contributed by atoms with Gasteiger partial charge in [-0.2, -0.15) is 5.10 Å². The van der Waals surface area contributed by atoms with Gasteiger partial charge in [0, 0.05) is 0 Å². The number of nitrogens with zero attached hydrogens (tertiary/aromatic N) is 5. The number of aromatic nitrogens is 5. The normalized spacial score (nSPS) is 10.2. The van der Waals surface area contributed by atoms with E-state index in [1.54, 1.807) is 6.07 Å². The number of fused-ring (bicyclic) bond motifs is 1. The molecule has 0 fully saturated rings. The van der Waals surface area contributed by atoms with Crippen molar-refractivity contribution in [3.8, 4) is 0 Å². The molecule has 3 aromatic rings. The van der Waals surface area contributed by atoms with E-state index in [9.17, 15) is 0 Å². The number of imidazole rings is 1. The summed E-state index contributed by atoms with van der Waals surface area (Å²) in [5, 5.41) is 11.6. The van der Waals surface area contributed by atoms with Gasteiger partial charge < -0.3 is 5.73 Å². The Kier molecular flexibility index (Phi) is 5.07. The number of rotatable bonds is 0. The van der Waals surface area contributed by atoms with E-state index in [4.69, 9.17) is 5.73 Å². The van der Waals surface area contributed by atoms with Gasteiger partial charge in [-0.3, -0.25) is 0 Å². The summed E-state index contributed by atoms with van der Waals surface area (Å²) < 4.78 is 3.72. The molecule has 0 bridgehead atoms. The minimum Gasteiger partial charge on any atom is -0.382 e. The molecule has 0 saturated carbocycles. The van der Waals surface area contributed by atoms with Crippen molar-refractivity contribution in [3.63, 3.8) is 0 Å². The van der Waals surface area contributed by atoms with Crippen molar-refractivity contribution in [3.05, 3.63) is 43.1 Å². The minimum absolute atomic E-state index is 0.463. The van der Waals surface area contributed by atoms with Crippen LogP contribution in [0.15, 0.2) is 24.3 Å². The highest BCUT2D eigenvalue weighted by Gasteiger charge is 2.04.